The summed E-state index contributed by atoms with van der Waals surface area (Å²) < 4.78 is 0. The molecule has 2 aromatic rings. The molecule has 2 amide bonds. The number of benzene rings is 2. The zero-order valence-electron chi connectivity index (χ0n) is 17.5. The van der Waals surface area contributed by atoms with Crippen LogP contribution in [0.5, 0.6) is 0 Å². The third kappa shape index (κ3) is 9.13. The molecule has 0 bridgehead atoms. The zero-order chi connectivity index (χ0) is 20.4. The Morgan fingerprint density at radius 2 is 1.57 bits per heavy atom. The molecule has 0 aromatic heterocycles. The first kappa shape index (κ1) is 27.9. The SMILES string of the molecule is CCN(CC)CCNC(=O)c1ccc(NC(=O)C(N)Cc2ccccc2)cc1.Cl.Cl. The van der Waals surface area contributed by atoms with Gasteiger partial charge in [0.1, 0.15) is 0 Å². The van der Waals surface area contributed by atoms with Gasteiger partial charge < -0.3 is 21.3 Å². The van der Waals surface area contributed by atoms with Crippen LogP contribution in [0.3, 0.4) is 0 Å². The maximum Gasteiger partial charge on any atom is 0.251 e. The molecule has 2 aromatic carbocycles. The zero-order valence-corrected chi connectivity index (χ0v) is 19.1. The molecule has 0 aliphatic carbocycles. The highest BCUT2D eigenvalue weighted by molar-refractivity contribution is 5.97. The van der Waals surface area contributed by atoms with Gasteiger partial charge in [0, 0.05) is 24.3 Å². The van der Waals surface area contributed by atoms with E-state index in [4.69, 9.17) is 5.73 Å². The van der Waals surface area contributed by atoms with Crippen LogP contribution in [-0.4, -0.2) is 48.9 Å². The number of amides is 2. The van der Waals surface area contributed by atoms with Gasteiger partial charge in [-0.1, -0.05) is 44.2 Å². The van der Waals surface area contributed by atoms with Gasteiger partial charge in [-0.2, -0.15) is 0 Å². The fraction of sp³-hybridized carbons (Fsp3) is 0.364. The molecule has 30 heavy (non-hydrogen) atoms. The summed E-state index contributed by atoms with van der Waals surface area (Å²) in [6.07, 6.45) is 0.472. The van der Waals surface area contributed by atoms with E-state index in [-0.39, 0.29) is 36.6 Å². The van der Waals surface area contributed by atoms with E-state index in [9.17, 15) is 9.59 Å². The number of halogens is 2. The number of hydrogen-bond donors (Lipinski definition) is 3. The van der Waals surface area contributed by atoms with Crippen molar-refractivity contribution >= 4 is 42.3 Å². The molecule has 2 rings (SSSR count). The van der Waals surface area contributed by atoms with Crippen LogP contribution in [0, 0.1) is 0 Å². The second kappa shape index (κ2) is 14.8. The fourth-order valence-corrected chi connectivity index (χ4v) is 2.87. The van der Waals surface area contributed by atoms with Crippen molar-refractivity contribution in [2.45, 2.75) is 26.3 Å². The fourth-order valence-electron chi connectivity index (χ4n) is 2.87. The van der Waals surface area contributed by atoms with E-state index in [0.717, 1.165) is 25.2 Å². The number of nitrogens with one attached hydrogen (secondary N) is 2. The number of rotatable bonds is 10. The summed E-state index contributed by atoms with van der Waals surface area (Å²) in [6.45, 7) is 7.56. The van der Waals surface area contributed by atoms with Gasteiger partial charge in [-0.3, -0.25) is 9.59 Å². The lowest BCUT2D eigenvalue weighted by Gasteiger charge is -2.18. The molecular formula is C22H32Cl2N4O2. The van der Waals surface area contributed by atoms with Crippen molar-refractivity contribution in [3.8, 4) is 0 Å². The first-order valence-corrected chi connectivity index (χ1v) is 9.74. The maximum absolute atomic E-state index is 12.3. The minimum absolute atomic E-state index is 0. The summed E-state index contributed by atoms with van der Waals surface area (Å²) in [5, 5.41) is 5.71. The summed E-state index contributed by atoms with van der Waals surface area (Å²) in [5.74, 6) is -0.369. The van der Waals surface area contributed by atoms with E-state index in [0.29, 0.717) is 24.2 Å². The van der Waals surface area contributed by atoms with E-state index < -0.39 is 6.04 Å². The lowest BCUT2D eigenvalue weighted by molar-refractivity contribution is -0.117. The van der Waals surface area contributed by atoms with Crippen LogP contribution < -0.4 is 16.4 Å². The molecule has 166 valence electrons. The van der Waals surface area contributed by atoms with Gasteiger partial charge in [0.05, 0.1) is 6.04 Å². The number of anilines is 1. The topological polar surface area (TPSA) is 87.5 Å². The lowest BCUT2D eigenvalue weighted by Crippen LogP contribution is -2.37. The Bertz CT molecular complexity index is 753. The highest BCUT2D eigenvalue weighted by Crippen LogP contribution is 2.11. The maximum atomic E-state index is 12.3. The Morgan fingerprint density at radius 3 is 2.13 bits per heavy atom. The molecule has 6 nitrogen and oxygen atoms in total. The van der Waals surface area contributed by atoms with Gasteiger partial charge in [-0.15, -0.1) is 24.8 Å². The van der Waals surface area contributed by atoms with E-state index in [1.165, 1.54) is 0 Å². The molecule has 0 saturated heterocycles. The summed E-state index contributed by atoms with van der Waals surface area (Å²) in [5.41, 5.74) is 8.19. The van der Waals surface area contributed by atoms with Gasteiger partial charge in [0.15, 0.2) is 0 Å². The molecular weight excluding hydrogens is 423 g/mol. The first-order valence-electron chi connectivity index (χ1n) is 9.74. The molecule has 0 aliphatic rings. The molecule has 8 heteroatoms. The molecule has 0 radical (unpaired) electrons. The predicted molar refractivity (Wildman–Crippen MR) is 128 cm³/mol. The van der Waals surface area contributed by atoms with Crippen LogP contribution in [0.2, 0.25) is 0 Å². The van der Waals surface area contributed by atoms with Gasteiger partial charge >= 0.3 is 0 Å². The van der Waals surface area contributed by atoms with Crippen molar-refractivity contribution in [2.75, 3.05) is 31.5 Å². The Hall–Kier alpha value is -2.12. The average molecular weight is 455 g/mol. The third-order valence-electron chi connectivity index (χ3n) is 4.66. The largest absolute Gasteiger partial charge is 0.351 e. The quantitative estimate of drug-likeness (QED) is 0.514. The molecule has 4 N–H and O–H groups in total. The molecule has 1 unspecified atom stereocenters. The van der Waals surface area contributed by atoms with E-state index in [1.807, 2.05) is 30.3 Å². The Morgan fingerprint density at radius 1 is 0.967 bits per heavy atom. The van der Waals surface area contributed by atoms with Crippen molar-refractivity contribution in [1.29, 1.82) is 0 Å². The van der Waals surface area contributed by atoms with Crippen LogP contribution in [0.15, 0.2) is 54.6 Å². The van der Waals surface area contributed by atoms with E-state index in [1.54, 1.807) is 24.3 Å². The number of carbonyl (C=O) groups excluding carboxylic acids is 2. The molecule has 0 spiro atoms. The number of nitrogens with two attached hydrogens (primary N) is 1. The first-order chi connectivity index (χ1) is 13.5. The summed E-state index contributed by atoms with van der Waals surface area (Å²) in [7, 11) is 0. The van der Waals surface area contributed by atoms with E-state index in [2.05, 4.69) is 29.4 Å². The molecule has 0 aliphatic heterocycles. The monoisotopic (exact) mass is 454 g/mol. The molecule has 0 fully saturated rings. The average Bonchev–Trinajstić information content (AvgIpc) is 2.72. The minimum Gasteiger partial charge on any atom is -0.351 e. The predicted octanol–water partition coefficient (Wildman–Crippen LogP) is 3.11. The lowest BCUT2D eigenvalue weighted by atomic mass is 10.1. The van der Waals surface area contributed by atoms with Crippen LogP contribution in [0.1, 0.15) is 29.8 Å². The number of likely N-dealkylation sites (N-methyl/N-ethyl adjacent to an activating group) is 1. The van der Waals surface area contributed by atoms with Crippen molar-refractivity contribution in [1.82, 2.24) is 10.2 Å². The second-order valence-corrected chi connectivity index (χ2v) is 6.65. The van der Waals surface area contributed by atoms with Crippen LogP contribution in [0.25, 0.3) is 0 Å². The summed E-state index contributed by atoms with van der Waals surface area (Å²) in [4.78, 5) is 26.7. The molecule has 0 heterocycles. The van der Waals surface area contributed by atoms with Crippen molar-refractivity contribution < 1.29 is 9.59 Å². The Kier molecular flexibility index (Phi) is 13.8. The van der Waals surface area contributed by atoms with Crippen molar-refractivity contribution in [3.05, 3.63) is 65.7 Å². The van der Waals surface area contributed by atoms with Crippen molar-refractivity contribution in [2.24, 2.45) is 5.73 Å². The van der Waals surface area contributed by atoms with Crippen molar-refractivity contribution in [3.63, 3.8) is 0 Å². The number of hydrogen-bond acceptors (Lipinski definition) is 4. The number of nitrogens with zero attached hydrogens (tertiary/aromatic N) is 1. The highest BCUT2D eigenvalue weighted by Gasteiger charge is 2.14. The molecule has 1 atom stereocenters. The van der Waals surface area contributed by atoms with Gasteiger partial charge in [0.2, 0.25) is 5.91 Å². The number of carbonyl (C=O) groups is 2. The van der Waals surface area contributed by atoms with Gasteiger partial charge in [0.25, 0.3) is 5.91 Å². The summed E-state index contributed by atoms with van der Waals surface area (Å²) >= 11 is 0. The summed E-state index contributed by atoms with van der Waals surface area (Å²) in [6, 6.07) is 15.9. The second-order valence-electron chi connectivity index (χ2n) is 6.65. The van der Waals surface area contributed by atoms with Gasteiger partial charge in [-0.05, 0) is 49.3 Å². The Labute approximate surface area is 191 Å². The highest BCUT2D eigenvalue weighted by atomic mass is 35.5. The van der Waals surface area contributed by atoms with Gasteiger partial charge in [-0.25, -0.2) is 0 Å². The normalized spacial score (nSPS) is 11.1. The minimum atomic E-state index is -0.634. The van der Waals surface area contributed by atoms with Crippen LogP contribution >= 0.6 is 24.8 Å². The van der Waals surface area contributed by atoms with Crippen LogP contribution in [-0.2, 0) is 11.2 Å². The standard InChI is InChI=1S/C22H30N4O2.2ClH/c1-3-26(4-2)15-14-24-21(27)18-10-12-19(13-11-18)25-22(28)20(23)16-17-8-6-5-7-9-17;;/h5-13,20H,3-4,14-16,23H2,1-2H3,(H,24,27)(H,25,28);2*1H. The van der Waals surface area contributed by atoms with E-state index >= 15 is 0 Å². The molecule has 0 saturated carbocycles. The Balaban J connectivity index is 0.00000420. The third-order valence-corrected chi connectivity index (χ3v) is 4.66. The smallest absolute Gasteiger partial charge is 0.251 e. The van der Waals surface area contributed by atoms with Crippen LogP contribution in [0.4, 0.5) is 5.69 Å².